The van der Waals surface area contributed by atoms with E-state index in [4.69, 9.17) is 0 Å². The van der Waals surface area contributed by atoms with E-state index in [0.717, 1.165) is 17.7 Å². The van der Waals surface area contributed by atoms with E-state index < -0.39 is 0 Å². The van der Waals surface area contributed by atoms with Gasteiger partial charge in [0.1, 0.15) is 0 Å². The smallest absolute Gasteiger partial charge is 0.232 e. The normalized spacial score (nSPS) is 10.9. The van der Waals surface area contributed by atoms with Crippen molar-refractivity contribution < 1.29 is 9.59 Å². The average Bonchev–Trinajstić information content (AvgIpc) is 2.66. The molecule has 27 heavy (non-hydrogen) atoms. The van der Waals surface area contributed by atoms with Crippen molar-refractivity contribution in [2.24, 2.45) is 0 Å². The molecule has 2 aromatic rings. The molecule has 5 nitrogen and oxygen atoms in total. The van der Waals surface area contributed by atoms with Crippen LogP contribution in [0.15, 0.2) is 60.7 Å². The maximum absolute atomic E-state index is 12.9. The van der Waals surface area contributed by atoms with Crippen LogP contribution in [0, 0.1) is 0 Å². The molecule has 0 radical (unpaired) electrons. The van der Waals surface area contributed by atoms with E-state index in [0.29, 0.717) is 19.6 Å². The summed E-state index contributed by atoms with van der Waals surface area (Å²) in [6.07, 6.45) is 0. The van der Waals surface area contributed by atoms with Crippen LogP contribution in [0.2, 0.25) is 0 Å². The molecule has 0 aliphatic rings. The van der Waals surface area contributed by atoms with Crippen molar-refractivity contribution in [3.63, 3.8) is 0 Å². The Balaban J connectivity index is 2.03. The number of nitrogens with zero attached hydrogens (tertiary/aromatic N) is 2. The Morgan fingerprint density at radius 3 is 1.81 bits per heavy atom. The molecule has 0 saturated heterocycles. The van der Waals surface area contributed by atoms with Crippen LogP contribution in [0.4, 0.5) is 0 Å². The molecule has 5 heteroatoms. The predicted octanol–water partition coefficient (Wildman–Crippen LogP) is 2.34. The van der Waals surface area contributed by atoms with Gasteiger partial charge >= 0.3 is 0 Å². The fourth-order valence-corrected chi connectivity index (χ4v) is 2.95. The number of carbonyl (C=O) groups excluding carboxylic acids is 2. The van der Waals surface area contributed by atoms with Crippen LogP contribution < -0.4 is 5.32 Å². The van der Waals surface area contributed by atoms with Gasteiger partial charge in [-0.1, -0.05) is 60.7 Å². The largest absolute Gasteiger partial charge is 0.354 e. The van der Waals surface area contributed by atoms with E-state index in [1.807, 2.05) is 79.7 Å². The molecule has 0 bridgehead atoms. The lowest BCUT2D eigenvalue weighted by molar-refractivity contribution is -0.129. The molecular formula is C22H29N3O2. The summed E-state index contributed by atoms with van der Waals surface area (Å²) >= 11 is 0. The number of carbonyl (C=O) groups is 2. The molecule has 2 amide bonds. The van der Waals surface area contributed by atoms with E-state index in [1.165, 1.54) is 0 Å². The van der Waals surface area contributed by atoms with Gasteiger partial charge in [0.15, 0.2) is 0 Å². The fraction of sp³-hybridized carbons (Fsp3) is 0.364. The first-order chi connectivity index (χ1) is 13.0. The number of benzene rings is 2. The topological polar surface area (TPSA) is 52.7 Å². The molecule has 0 aliphatic heterocycles. The second kappa shape index (κ2) is 10.5. The second-order valence-corrected chi connectivity index (χ2v) is 6.85. The first-order valence-electron chi connectivity index (χ1n) is 9.27. The molecule has 1 N–H and O–H groups in total. The number of likely N-dealkylation sites (N-methyl/N-ethyl adjacent to an activating group) is 1. The van der Waals surface area contributed by atoms with Crippen LogP contribution in [0.3, 0.4) is 0 Å². The van der Waals surface area contributed by atoms with Crippen LogP contribution in [-0.2, 0) is 9.59 Å². The third-order valence-electron chi connectivity index (χ3n) is 4.47. The average molecular weight is 367 g/mol. The van der Waals surface area contributed by atoms with E-state index in [1.54, 1.807) is 11.8 Å². The maximum atomic E-state index is 12.9. The number of hydrogen-bond acceptors (Lipinski definition) is 3. The Morgan fingerprint density at radius 2 is 1.37 bits per heavy atom. The van der Waals surface area contributed by atoms with Gasteiger partial charge in [0.05, 0.1) is 5.92 Å². The first-order valence-corrected chi connectivity index (χ1v) is 9.27. The number of amides is 2. The molecule has 0 aliphatic carbocycles. The van der Waals surface area contributed by atoms with E-state index in [9.17, 15) is 9.59 Å². The van der Waals surface area contributed by atoms with Crippen molar-refractivity contribution in [1.82, 2.24) is 15.1 Å². The SMILES string of the molecule is CC(=O)N(CCNC(=O)C(c1ccccc1)c1ccccc1)CCN(C)C. The quantitative estimate of drug-likeness (QED) is 0.740. The molecular weight excluding hydrogens is 338 g/mol. The molecule has 0 heterocycles. The zero-order valence-corrected chi connectivity index (χ0v) is 16.4. The summed E-state index contributed by atoms with van der Waals surface area (Å²) in [5.41, 5.74) is 1.91. The van der Waals surface area contributed by atoms with Gasteiger partial charge in [-0.25, -0.2) is 0 Å². The van der Waals surface area contributed by atoms with Gasteiger partial charge in [0.25, 0.3) is 0 Å². The second-order valence-electron chi connectivity index (χ2n) is 6.85. The monoisotopic (exact) mass is 367 g/mol. The summed E-state index contributed by atoms with van der Waals surface area (Å²) in [7, 11) is 3.95. The van der Waals surface area contributed by atoms with Crippen molar-refractivity contribution >= 4 is 11.8 Å². The zero-order chi connectivity index (χ0) is 19.6. The molecule has 0 unspecified atom stereocenters. The number of nitrogens with one attached hydrogen (secondary N) is 1. The molecule has 2 rings (SSSR count). The van der Waals surface area contributed by atoms with Gasteiger partial charge in [-0.3, -0.25) is 9.59 Å². The highest BCUT2D eigenvalue weighted by molar-refractivity contribution is 5.87. The zero-order valence-electron chi connectivity index (χ0n) is 16.4. The van der Waals surface area contributed by atoms with Crippen molar-refractivity contribution in [1.29, 1.82) is 0 Å². The molecule has 0 saturated carbocycles. The Bertz CT molecular complexity index is 677. The maximum Gasteiger partial charge on any atom is 0.232 e. The summed E-state index contributed by atoms with van der Waals surface area (Å²) < 4.78 is 0. The van der Waals surface area contributed by atoms with Crippen molar-refractivity contribution in [2.75, 3.05) is 40.3 Å². The number of hydrogen-bond donors (Lipinski definition) is 1. The Kier molecular flexibility index (Phi) is 8.01. The highest BCUT2D eigenvalue weighted by Crippen LogP contribution is 2.24. The van der Waals surface area contributed by atoms with Crippen molar-refractivity contribution in [3.05, 3.63) is 71.8 Å². The predicted molar refractivity (Wildman–Crippen MR) is 109 cm³/mol. The lowest BCUT2D eigenvalue weighted by Crippen LogP contribution is -2.41. The van der Waals surface area contributed by atoms with Gasteiger partial charge in [-0.15, -0.1) is 0 Å². The fourth-order valence-electron chi connectivity index (χ4n) is 2.95. The summed E-state index contributed by atoms with van der Waals surface area (Å²) in [6.45, 7) is 3.95. The molecule has 0 atom stereocenters. The van der Waals surface area contributed by atoms with Gasteiger partial charge in [-0.05, 0) is 25.2 Å². The standard InChI is InChI=1S/C22H29N3O2/c1-18(26)25(17-16-24(2)3)15-14-23-22(27)21(19-10-6-4-7-11-19)20-12-8-5-9-13-20/h4-13,21H,14-17H2,1-3H3,(H,23,27). The molecule has 2 aromatic carbocycles. The molecule has 0 spiro atoms. The summed E-state index contributed by atoms with van der Waals surface area (Å²) in [5.74, 6) is -0.391. The minimum Gasteiger partial charge on any atom is -0.354 e. The van der Waals surface area contributed by atoms with Crippen LogP contribution in [0.5, 0.6) is 0 Å². The van der Waals surface area contributed by atoms with Crippen LogP contribution in [-0.4, -0.2) is 61.9 Å². The molecule has 0 aromatic heterocycles. The van der Waals surface area contributed by atoms with Crippen LogP contribution in [0.1, 0.15) is 24.0 Å². The third-order valence-corrected chi connectivity index (χ3v) is 4.47. The van der Waals surface area contributed by atoms with Gasteiger partial charge < -0.3 is 15.1 Å². The molecule has 0 fully saturated rings. The third kappa shape index (κ3) is 6.53. The van der Waals surface area contributed by atoms with Gasteiger partial charge in [0.2, 0.25) is 11.8 Å². The van der Waals surface area contributed by atoms with Crippen molar-refractivity contribution in [3.8, 4) is 0 Å². The van der Waals surface area contributed by atoms with Gasteiger partial charge in [0, 0.05) is 33.1 Å². The summed E-state index contributed by atoms with van der Waals surface area (Å²) in [5, 5.41) is 3.01. The first kappa shape index (κ1) is 20.6. The highest BCUT2D eigenvalue weighted by atomic mass is 16.2. The van der Waals surface area contributed by atoms with E-state index >= 15 is 0 Å². The summed E-state index contributed by atoms with van der Waals surface area (Å²) in [6, 6.07) is 19.5. The number of rotatable bonds is 9. The molecule has 144 valence electrons. The Labute approximate surface area is 162 Å². The summed E-state index contributed by atoms with van der Waals surface area (Å²) in [4.78, 5) is 28.5. The van der Waals surface area contributed by atoms with Crippen molar-refractivity contribution in [2.45, 2.75) is 12.8 Å². The van der Waals surface area contributed by atoms with E-state index in [2.05, 4.69) is 5.32 Å². The Hall–Kier alpha value is -2.66. The lowest BCUT2D eigenvalue weighted by Gasteiger charge is -2.24. The minimum atomic E-state index is -0.361. The van der Waals surface area contributed by atoms with E-state index in [-0.39, 0.29) is 17.7 Å². The van der Waals surface area contributed by atoms with Crippen LogP contribution >= 0.6 is 0 Å². The van der Waals surface area contributed by atoms with Gasteiger partial charge in [-0.2, -0.15) is 0 Å². The lowest BCUT2D eigenvalue weighted by atomic mass is 9.90. The highest BCUT2D eigenvalue weighted by Gasteiger charge is 2.22. The Morgan fingerprint density at radius 1 is 0.852 bits per heavy atom. The minimum absolute atomic E-state index is 0.0220. The van der Waals surface area contributed by atoms with Crippen LogP contribution in [0.25, 0.3) is 0 Å².